The van der Waals surface area contributed by atoms with Crippen molar-refractivity contribution < 1.29 is 9.90 Å². The molecular weight excluding hydrogens is 298 g/mol. The highest BCUT2D eigenvalue weighted by molar-refractivity contribution is 7.99. The number of carboxylic acid groups (broad SMARTS) is 1. The van der Waals surface area contributed by atoms with Gasteiger partial charge in [-0.3, -0.25) is 9.36 Å². The average Bonchev–Trinajstić information content (AvgIpc) is 2.74. The number of rotatable bonds is 5. The van der Waals surface area contributed by atoms with Crippen molar-refractivity contribution in [1.29, 1.82) is 0 Å². The molecule has 0 aromatic carbocycles. The van der Waals surface area contributed by atoms with Crippen LogP contribution in [0, 0.1) is 0 Å². The minimum Gasteiger partial charge on any atom is -0.481 e. The van der Waals surface area contributed by atoms with E-state index in [0.29, 0.717) is 15.7 Å². The number of pyridine rings is 1. The molecule has 2 aromatic heterocycles. The molecule has 0 aliphatic rings. The lowest BCUT2D eigenvalue weighted by Gasteiger charge is -2.27. The second-order valence-corrected chi connectivity index (χ2v) is 6.45. The van der Waals surface area contributed by atoms with Crippen LogP contribution >= 0.6 is 23.4 Å². The van der Waals surface area contributed by atoms with E-state index in [4.69, 9.17) is 16.7 Å². The number of carbonyl (C=O) groups is 1. The Morgan fingerprint density at radius 2 is 2.25 bits per heavy atom. The smallest absolute Gasteiger partial charge is 0.313 e. The molecule has 0 radical (unpaired) electrons. The minimum atomic E-state index is -0.867. The molecule has 5 nitrogen and oxygen atoms in total. The molecule has 0 fully saturated rings. The number of imidazole rings is 1. The number of carboxylic acids is 1. The van der Waals surface area contributed by atoms with Crippen LogP contribution in [0.4, 0.5) is 0 Å². The minimum absolute atomic E-state index is 0.0309. The van der Waals surface area contributed by atoms with Crippen LogP contribution in [0.15, 0.2) is 17.4 Å². The van der Waals surface area contributed by atoms with Crippen molar-refractivity contribution in [2.75, 3.05) is 5.75 Å². The third-order valence-corrected chi connectivity index (χ3v) is 4.36. The van der Waals surface area contributed by atoms with Gasteiger partial charge in [0.15, 0.2) is 10.8 Å². The van der Waals surface area contributed by atoms with Gasteiger partial charge in [-0.25, -0.2) is 9.97 Å². The summed E-state index contributed by atoms with van der Waals surface area (Å²) in [5, 5.41) is 10.0. The third-order valence-electron chi connectivity index (χ3n) is 3.23. The lowest BCUT2D eigenvalue weighted by molar-refractivity contribution is -0.133. The summed E-state index contributed by atoms with van der Waals surface area (Å²) in [5.41, 5.74) is 1.22. The number of hydrogen-bond donors (Lipinski definition) is 1. The molecule has 0 aliphatic heterocycles. The Morgan fingerprint density at radius 1 is 1.55 bits per heavy atom. The predicted molar refractivity (Wildman–Crippen MR) is 80.5 cm³/mol. The van der Waals surface area contributed by atoms with Crippen molar-refractivity contribution >= 4 is 40.5 Å². The van der Waals surface area contributed by atoms with Crippen LogP contribution in [0.3, 0.4) is 0 Å². The monoisotopic (exact) mass is 313 g/mol. The lowest BCUT2D eigenvalue weighted by atomic mass is 10.0. The van der Waals surface area contributed by atoms with Crippen LogP contribution in [0.5, 0.6) is 0 Å². The molecule has 0 unspecified atom stereocenters. The van der Waals surface area contributed by atoms with Gasteiger partial charge in [0.2, 0.25) is 0 Å². The summed E-state index contributed by atoms with van der Waals surface area (Å²) < 4.78 is 1.99. The highest BCUT2D eigenvalue weighted by Crippen LogP contribution is 2.32. The third kappa shape index (κ3) is 2.91. The van der Waals surface area contributed by atoms with Crippen molar-refractivity contribution in [3.8, 4) is 0 Å². The van der Waals surface area contributed by atoms with E-state index in [9.17, 15) is 4.79 Å². The first kappa shape index (κ1) is 15.1. The zero-order valence-corrected chi connectivity index (χ0v) is 13.1. The maximum Gasteiger partial charge on any atom is 0.313 e. The molecule has 0 bridgehead atoms. The summed E-state index contributed by atoms with van der Waals surface area (Å²) in [6, 6.07) is 1.75. The first-order valence-corrected chi connectivity index (χ1v) is 7.60. The summed E-state index contributed by atoms with van der Waals surface area (Å²) in [7, 11) is 0. The molecule has 2 aromatic rings. The number of aromatic nitrogens is 3. The van der Waals surface area contributed by atoms with Crippen molar-refractivity contribution in [3.05, 3.63) is 17.3 Å². The van der Waals surface area contributed by atoms with Crippen molar-refractivity contribution in [1.82, 2.24) is 14.5 Å². The van der Waals surface area contributed by atoms with Gasteiger partial charge in [-0.2, -0.15) is 0 Å². The number of nitrogens with zero attached hydrogens (tertiary/aromatic N) is 3. The zero-order chi connectivity index (χ0) is 14.9. The van der Waals surface area contributed by atoms with Gasteiger partial charge in [0.05, 0.1) is 10.8 Å². The van der Waals surface area contributed by atoms with E-state index in [1.165, 1.54) is 11.8 Å². The maximum atomic E-state index is 10.8. The fourth-order valence-electron chi connectivity index (χ4n) is 1.85. The molecule has 0 saturated heterocycles. The van der Waals surface area contributed by atoms with E-state index in [-0.39, 0.29) is 11.3 Å². The van der Waals surface area contributed by atoms with E-state index in [1.807, 2.05) is 4.57 Å². The predicted octanol–water partition coefficient (Wildman–Crippen LogP) is 3.41. The SMILES string of the molecule is CCC(C)(C)n1c(SCC(=O)O)nc2cc(Cl)cnc21. The number of fused-ring (bicyclic) bond motifs is 1. The molecule has 20 heavy (non-hydrogen) atoms. The highest BCUT2D eigenvalue weighted by Gasteiger charge is 2.26. The summed E-state index contributed by atoms with van der Waals surface area (Å²) >= 11 is 7.14. The molecule has 0 amide bonds. The van der Waals surface area contributed by atoms with Crippen molar-refractivity contribution in [3.63, 3.8) is 0 Å². The summed E-state index contributed by atoms with van der Waals surface area (Å²) in [5.74, 6) is -0.898. The molecule has 2 rings (SSSR count). The zero-order valence-electron chi connectivity index (χ0n) is 11.6. The molecule has 1 N–H and O–H groups in total. The van der Waals surface area contributed by atoms with Crippen LogP contribution < -0.4 is 0 Å². The Kier molecular flexibility index (Phi) is 4.25. The van der Waals surface area contributed by atoms with E-state index in [1.54, 1.807) is 12.3 Å². The normalized spacial score (nSPS) is 12.0. The van der Waals surface area contributed by atoms with E-state index >= 15 is 0 Å². The van der Waals surface area contributed by atoms with Gasteiger partial charge < -0.3 is 5.11 Å². The topological polar surface area (TPSA) is 68.0 Å². The Hall–Kier alpha value is -1.27. The largest absolute Gasteiger partial charge is 0.481 e. The van der Waals surface area contributed by atoms with Crippen LogP contribution in [0.2, 0.25) is 5.02 Å². The standard InChI is InChI=1S/C13H16ClN3O2S/c1-4-13(2,3)17-11-9(5-8(14)6-15-11)16-12(17)20-7-10(18)19/h5-6H,4,7H2,1-3H3,(H,18,19). The first-order valence-electron chi connectivity index (χ1n) is 6.24. The van der Waals surface area contributed by atoms with Gasteiger partial charge in [0.25, 0.3) is 0 Å². The van der Waals surface area contributed by atoms with Crippen molar-refractivity contribution in [2.24, 2.45) is 0 Å². The van der Waals surface area contributed by atoms with E-state index in [2.05, 4.69) is 30.7 Å². The Balaban J connectivity index is 2.59. The van der Waals surface area contributed by atoms with E-state index in [0.717, 1.165) is 12.1 Å². The Morgan fingerprint density at radius 3 is 2.85 bits per heavy atom. The number of halogens is 1. The summed E-state index contributed by atoms with van der Waals surface area (Å²) in [4.78, 5) is 19.6. The second-order valence-electron chi connectivity index (χ2n) is 5.07. The van der Waals surface area contributed by atoms with Crippen molar-refractivity contribution in [2.45, 2.75) is 37.9 Å². The molecule has 0 aliphatic carbocycles. The molecule has 0 spiro atoms. The van der Waals surface area contributed by atoms with Gasteiger partial charge in [-0.15, -0.1) is 0 Å². The van der Waals surface area contributed by atoms with Gasteiger partial charge in [-0.1, -0.05) is 30.3 Å². The van der Waals surface area contributed by atoms with Crippen LogP contribution in [-0.4, -0.2) is 31.4 Å². The van der Waals surface area contributed by atoms with Gasteiger partial charge in [0.1, 0.15) is 5.52 Å². The van der Waals surface area contributed by atoms with Crippen LogP contribution in [-0.2, 0) is 10.3 Å². The Labute approximate surface area is 126 Å². The lowest BCUT2D eigenvalue weighted by Crippen LogP contribution is -2.26. The molecule has 0 atom stereocenters. The fraction of sp³-hybridized carbons (Fsp3) is 0.462. The fourth-order valence-corrected chi connectivity index (χ4v) is 2.88. The molecule has 108 valence electrons. The van der Waals surface area contributed by atoms with Gasteiger partial charge >= 0.3 is 5.97 Å². The quantitative estimate of drug-likeness (QED) is 0.857. The molecule has 2 heterocycles. The first-order chi connectivity index (χ1) is 9.35. The highest BCUT2D eigenvalue weighted by atomic mass is 35.5. The molecule has 7 heteroatoms. The number of hydrogen-bond acceptors (Lipinski definition) is 4. The second kappa shape index (κ2) is 5.61. The summed E-state index contributed by atoms with van der Waals surface area (Å²) in [6.07, 6.45) is 2.46. The van der Waals surface area contributed by atoms with E-state index < -0.39 is 5.97 Å². The van der Waals surface area contributed by atoms with Gasteiger partial charge in [-0.05, 0) is 26.3 Å². The maximum absolute atomic E-state index is 10.8. The van der Waals surface area contributed by atoms with Crippen LogP contribution in [0.25, 0.3) is 11.2 Å². The Bertz CT molecular complexity index is 654. The average molecular weight is 314 g/mol. The van der Waals surface area contributed by atoms with Gasteiger partial charge in [0, 0.05) is 11.7 Å². The van der Waals surface area contributed by atoms with Crippen LogP contribution in [0.1, 0.15) is 27.2 Å². The summed E-state index contributed by atoms with van der Waals surface area (Å²) in [6.45, 7) is 6.23. The molecule has 0 saturated carbocycles. The molecular formula is C13H16ClN3O2S. The number of aliphatic carboxylic acids is 1. The number of thioether (sulfide) groups is 1.